The molecule has 1 amide bonds. The number of carbonyl (C=O) groups excluding carboxylic acids is 1. The highest BCUT2D eigenvalue weighted by Crippen LogP contribution is 2.09. The smallest absolute Gasteiger partial charge is 0.312 e. The molecule has 15 heavy (non-hydrogen) atoms. The Morgan fingerprint density at radius 1 is 1.27 bits per heavy atom. The average molecular weight is 208 g/mol. The highest BCUT2D eigenvalue weighted by molar-refractivity contribution is 6.01. The molecule has 1 aromatic carbocycles. The van der Waals surface area contributed by atoms with Crippen LogP contribution in [0.15, 0.2) is 24.3 Å². The van der Waals surface area contributed by atoms with Gasteiger partial charge in [-0.15, -0.1) is 0 Å². The standard InChI is InChI=1S/C10H12N2O3/c11-6-7-1-3-8(4-2-7)12-9(13)5-10(14)15/h1-4H,5-6,11H2,(H,12,13)(H,14,15). The van der Waals surface area contributed by atoms with Crippen molar-refractivity contribution in [2.24, 2.45) is 5.73 Å². The lowest BCUT2D eigenvalue weighted by molar-refractivity contribution is -0.139. The van der Waals surface area contributed by atoms with E-state index in [1.807, 2.05) is 0 Å². The Morgan fingerprint density at radius 2 is 1.87 bits per heavy atom. The summed E-state index contributed by atoms with van der Waals surface area (Å²) >= 11 is 0. The van der Waals surface area contributed by atoms with Gasteiger partial charge >= 0.3 is 5.97 Å². The van der Waals surface area contributed by atoms with E-state index in [1.54, 1.807) is 24.3 Å². The van der Waals surface area contributed by atoms with Gasteiger partial charge in [-0.25, -0.2) is 0 Å². The summed E-state index contributed by atoms with van der Waals surface area (Å²) in [5, 5.41) is 10.8. The molecule has 0 aliphatic carbocycles. The van der Waals surface area contributed by atoms with Gasteiger partial charge in [-0.1, -0.05) is 12.1 Å². The lowest BCUT2D eigenvalue weighted by Crippen LogP contribution is -2.15. The van der Waals surface area contributed by atoms with Crippen LogP contribution in [-0.2, 0) is 16.1 Å². The van der Waals surface area contributed by atoms with E-state index < -0.39 is 18.3 Å². The minimum absolute atomic E-state index is 0.434. The topological polar surface area (TPSA) is 92.4 Å². The van der Waals surface area contributed by atoms with E-state index in [-0.39, 0.29) is 0 Å². The van der Waals surface area contributed by atoms with Crippen molar-refractivity contribution < 1.29 is 14.7 Å². The third-order valence-corrected chi connectivity index (χ3v) is 1.79. The lowest BCUT2D eigenvalue weighted by atomic mass is 10.2. The van der Waals surface area contributed by atoms with Crippen molar-refractivity contribution in [1.82, 2.24) is 0 Å². The largest absolute Gasteiger partial charge is 0.481 e. The fourth-order valence-electron chi connectivity index (χ4n) is 1.07. The van der Waals surface area contributed by atoms with Crippen LogP contribution in [0.2, 0.25) is 0 Å². The van der Waals surface area contributed by atoms with E-state index in [9.17, 15) is 9.59 Å². The molecular formula is C10H12N2O3. The quantitative estimate of drug-likeness (QED) is 0.630. The van der Waals surface area contributed by atoms with E-state index >= 15 is 0 Å². The van der Waals surface area contributed by atoms with Crippen LogP contribution in [0, 0.1) is 0 Å². The minimum Gasteiger partial charge on any atom is -0.481 e. The Hall–Kier alpha value is -1.88. The highest BCUT2D eigenvalue weighted by Gasteiger charge is 2.07. The van der Waals surface area contributed by atoms with Crippen LogP contribution in [-0.4, -0.2) is 17.0 Å². The number of nitrogens with two attached hydrogens (primary N) is 1. The first-order chi connectivity index (χ1) is 7.11. The molecule has 0 radical (unpaired) electrons. The molecule has 4 N–H and O–H groups in total. The van der Waals surface area contributed by atoms with Gasteiger partial charge in [0.1, 0.15) is 6.42 Å². The van der Waals surface area contributed by atoms with Gasteiger partial charge in [0.05, 0.1) is 0 Å². The number of aliphatic carboxylic acids is 1. The van der Waals surface area contributed by atoms with Gasteiger partial charge in [0.2, 0.25) is 5.91 Å². The second-order valence-corrected chi connectivity index (χ2v) is 3.02. The predicted octanol–water partition coefficient (Wildman–Crippen LogP) is 0.558. The summed E-state index contributed by atoms with van der Waals surface area (Å²) in [6.07, 6.45) is -0.529. The Balaban J connectivity index is 2.57. The molecule has 0 aromatic heterocycles. The molecule has 1 aromatic rings. The zero-order valence-corrected chi connectivity index (χ0v) is 8.06. The summed E-state index contributed by atoms with van der Waals surface area (Å²) in [7, 11) is 0. The van der Waals surface area contributed by atoms with Gasteiger partial charge in [0, 0.05) is 12.2 Å². The number of hydrogen-bond acceptors (Lipinski definition) is 3. The Morgan fingerprint density at radius 3 is 2.33 bits per heavy atom. The molecule has 0 atom stereocenters. The fourth-order valence-corrected chi connectivity index (χ4v) is 1.07. The maximum absolute atomic E-state index is 11.1. The van der Waals surface area contributed by atoms with Crippen molar-refractivity contribution >= 4 is 17.6 Å². The van der Waals surface area contributed by atoms with E-state index in [2.05, 4.69) is 5.32 Å². The number of amides is 1. The molecule has 0 bridgehead atoms. The summed E-state index contributed by atoms with van der Waals surface area (Å²) in [6, 6.07) is 6.91. The molecule has 0 spiro atoms. The number of benzene rings is 1. The van der Waals surface area contributed by atoms with Gasteiger partial charge in [-0.3, -0.25) is 9.59 Å². The van der Waals surface area contributed by atoms with Crippen molar-refractivity contribution in [3.63, 3.8) is 0 Å². The fraction of sp³-hybridized carbons (Fsp3) is 0.200. The first-order valence-electron chi connectivity index (χ1n) is 4.42. The number of carboxylic acid groups (broad SMARTS) is 1. The number of carbonyl (C=O) groups is 2. The highest BCUT2D eigenvalue weighted by atomic mass is 16.4. The third-order valence-electron chi connectivity index (χ3n) is 1.79. The second-order valence-electron chi connectivity index (χ2n) is 3.02. The molecule has 0 fully saturated rings. The zero-order chi connectivity index (χ0) is 11.3. The number of anilines is 1. The molecule has 0 saturated carbocycles. The molecule has 0 saturated heterocycles. The summed E-state index contributed by atoms with van der Waals surface area (Å²) in [6.45, 7) is 0.434. The van der Waals surface area contributed by atoms with Crippen LogP contribution in [0.4, 0.5) is 5.69 Å². The van der Waals surface area contributed by atoms with Crippen LogP contribution in [0.25, 0.3) is 0 Å². The van der Waals surface area contributed by atoms with Crippen molar-refractivity contribution in [3.8, 4) is 0 Å². The zero-order valence-electron chi connectivity index (χ0n) is 8.06. The maximum Gasteiger partial charge on any atom is 0.312 e. The summed E-state index contributed by atoms with van der Waals surface area (Å²) < 4.78 is 0. The number of hydrogen-bond donors (Lipinski definition) is 3. The number of carboxylic acids is 1. The first kappa shape index (κ1) is 11.2. The first-order valence-corrected chi connectivity index (χ1v) is 4.42. The lowest BCUT2D eigenvalue weighted by Gasteiger charge is -2.03. The molecule has 5 heteroatoms. The normalized spacial score (nSPS) is 9.67. The number of nitrogens with one attached hydrogen (secondary N) is 1. The Labute approximate surface area is 86.9 Å². The minimum atomic E-state index is -1.15. The van der Waals surface area contributed by atoms with Gasteiger partial charge in [-0.2, -0.15) is 0 Å². The van der Waals surface area contributed by atoms with E-state index in [4.69, 9.17) is 10.8 Å². The van der Waals surface area contributed by atoms with Gasteiger partial charge < -0.3 is 16.2 Å². The van der Waals surface area contributed by atoms with E-state index in [0.29, 0.717) is 12.2 Å². The van der Waals surface area contributed by atoms with Gasteiger partial charge in [0.25, 0.3) is 0 Å². The van der Waals surface area contributed by atoms with Crippen LogP contribution < -0.4 is 11.1 Å². The monoisotopic (exact) mass is 208 g/mol. The SMILES string of the molecule is NCc1ccc(NC(=O)CC(=O)O)cc1. The Kier molecular flexibility index (Phi) is 3.82. The third kappa shape index (κ3) is 3.78. The summed E-state index contributed by atoms with van der Waals surface area (Å²) in [5.41, 5.74) is 6.92. The van der Waals surface area contributed by atoms with E-state index in [0.717, 1.165) is 5.56 Å². The van der Waals surface area contributed by atoms with Gasteiger partial charge in [-0.05, 0) is 17.7 Å². The second kappa shape index (κ2) is 5.11. The molecule has 1 rings (SSSR count). The molecule has 0 unspecified atom stereocenters. The van der Waals surface area contributed by atoms with Crippen molar-refractivity contribution in [2.45, 2.75) is 13.0 Å². The predicted molar refractivity (Wildman–Crippen MR) is 55.2 cm³/mol. The summed E-state index contributed by atoms with van der Waals surface area (Å²) in [5.74, 6) is -1.69. The van der Waals surface area contributed by atoms with Crippen LogP contribution in [0.1, 0.15) is 12.0 Å². The maximum atomic E-state index is 11.1. The molecule has 0 heterocycles. The average Bonchev–Trinajstić information content (AvgIpc) is 2.17. The van der Waals surface area contributed by atoms with Gasteiger partial charge in [0.15, 0.2) is 0 Å². The van der Waals surface area contributed by atoms with Crippen LogP contribution in [0.5, 0.6) is 0 Å². The molecule has 0 aliphatic heterocycles. The Bertz CT molecular complexity index is 359. The van der Waals surface area contributed by atoms with Crippen molar-refractivity contribution in [2.75, 3.05) is 5.32 Å². The van der Waals surface area contributed by atoms with Crippen molar-refractivity contribution in [3.05, 3.63) is 29.8 Å². The van der Waals surface area contributed by atoms with Crippen molar-refractivity contribution in [1.29, 1.82) is 0 Å². The van der Waals surface area contributed by atoms with E-state index in [1.165, 1.54) is 0 Å². The molecule has 5 nitrogen and oxygen atoms in total. The van der Waals surface area contributed by atoms with Crippen LogP contribution >= 0.6 is 0 Å². The molecular weight excluding hydrogens is 196 g/mol. The molecule has 0 aliphatic rings. The summed E-state index contributed by atoms with van der Waals surface area (Å²) in [4.78, 5) is 21.3. The van der Waals surface area contributed by atoms with Crippen LogP contribution in [0.3, 0.4) is 0 Å². The number of rotatable bonds is 4. The molecule has 80 valence electrons.